The van der Waals surface area contributed by atoms with Gasteiger partial charge in [0.05, 0.1) is 0 Å². The minimum absolute atomic E-state index is 0.0578. The van der Waals surface area contributed by atoms with Gasteiger partial charge in [0.1, 0.15) is 11.6 Å². The Kier molecular flexibility index (Phi) is 8.57. The van der Waals surface area contributed by atoms with Crippen LogP contribution in [-0.4, -0.2) is 90.3 Å². The number of carbonyl (C=O) groups is 2. The second kappa shape index (κ2) is 11.6. The minimum atomic E-state index is -0.992. The summed E-state index contributed by atoms with van der Waals surface area (Å²) in [5.41, 5.74) is 3.16. The number of piperidine rings is 1. The molecule has 0 aliphatic carbocycles. The number of rotatable bonds is 7. The first-order chi connectivity index (χ1) is 18.4. The minimum Gasteiger partial charge on any atom is -0.480 e. The van der Waals surface area contributed by atoms with Crippen LogP contribution in [0.3, 0.4) is 0 Å². The molecule has 0 aromatic heterocycles. The SMILES string of the molecule is CN(Cc1ccc(N2CCC(c3ccccc3)(N(C)C)CC2)cc1)C1C[C@@H](C(=O)O)N(C(=O)OC(C)(C)C)C1. The molecule has 1 N–H and O–H groups in total. The van der Waals surface area contributed by atoms with Crippen molar-refractivity contribution in [2.24, 2.45) is 0 Å². The Balaban J connectivity index is 1.36. The number of hydrogen-bond donors (Lipinski definition) is 1. The van der Waals surface area contributed by atoms with Crippen molar-refractivity contribution in [3.05, 3.63) is 65.7 Å². The van der Waals surface area contributed by atoms with Crippen molar-refractivity contribution in [3.8, 4) is 0 Å². The van der Waals surface area contributed by atoms with E-state index in [1.165, 1.54) is 16.2 Å². The van der Waals surface area contributed by atoms with E-state index >= 15 is 0 Å². The topological polar surface area (TPSA) is 76.6 Å². The maximum atomic E-state index is 12.7. The predicted molar refractivity (Wildman–Crippen MR) is 154 cm³/mol. The van der Waals surface area contributed by atoms with E-state index in [1.54, 1.807) is 20.8 Å². The van der Waals surface area contributed by atoms with Gasteiger partial charge < -0.3 is 14.7 Å². The zero-order chi connectivity index (χ0) is 28.4. The van der Waals surface area contributed by atoms with E-state index in [4.69, 9.17) is 4.74 Å². The molecule has 0 radical (unpaired) electrons. The fourth-order valence-electron chi connectivity index (χ4n) is 6.00. The highest BCUT2D eigenvalue weighted by molar-refractivity contribution is 5.81. The van der Waals surface area contributed by atoms with Gasteiger partial charge in [-0.3, -0.25) is 14.7 Å². The number of nitrogens with zero attached hydrogens (tertiary/aromatic N) is 4. The monoisotopic (exact) mass is 536 g/mol. The molecule has 2 aliphatic heterocycles. The number of ether oxygens (including phenoxy) is 1. The molecule has 212 valence electrons. The van der Waals surface area contributed by atoms with Gasteiger partial charge in [0.15, 0.2) is 0 Å². The van der Waals surface area contributed by atoms with Crippen LogP contribution in [0.1, 0.15) is 51.2 Å². The third-order valence-corrected chi connectivity index (χ3v) is 8.31. The molecule has 2 heterocycles. The molecule has 8 nitrogen and oxygen atoms in total. The Labute approximate surface area is 233 Å². The van der Waals surface area contributed by atoms with E-state index in [-0.39, 0.29) is 11.6 Å². The van der Waals surface area contributed by atoms with Crippen molar-refractivity contribution in [3.63, 3.8) is 0 Å². The average Bonchev–Trinajstić information content (AvgIpc) is 3.35. The standard InChI is InChI=1S/C31H44N4O4/c1-30(2,3)39-29(38)35-22-26(20-27(35)28(36)37)33(6)21-23-12-14-25(15-13-23)34-18-16-31(17-19-34,32(4)5)24-10-8-7-9-11-24/h7-15,26-27H,16-22H2,1-6H3,(H,36,37)/t26?,27-/m0/s1. The number of benzene rings is 2. The summed E-state index contributed by atoms with van der Waals surface area (Å²) >= 11 is 0. The van der Waals surface area contributed by atoms with Crippen molar-refractivity contribution in [1.82, 2.24) is 14.7 Å². The number of likely N-dealkylation sites (N-methyl/N-ethyl adjacent to an activating group) is 1. The van der Waals surface area contributed by atoms with Crippen LogP contribution in [0.4, 0.5) is 10.5 Å². The Bertz CT molecular complexity index is 1120. The third kappa shape index (κ3) is 6.56. The lowest BCUT2D eigenvalue weighted by Gasteiger charge is -2.47. The smallest absolute Gasteiger partial charge is 0.411 e. The number of carboxylic acid groups (broad SMARTS) is 1. The molecule has 1 amide bonds. The fraction of sp³-hybridized carbons (Fsp3) is 0.548. The number of carboxylic acids is 1. The number of hydrogen-bond acceptors (Lipinski definition) is 6. The van der Waals surface area contributed by atoms with Crippen LogP contribution in [0.2, 0.25) is 0 Å². The van der Waals surface area contributed by atoms with Crippen molar-refractivity contribution in [1.29, 1.82) is 0 Å². The zero-order valence-electron chi connectivity index (χ0n) is 24.3. The lowest BCUT2D eigenvalue weighted by molar-refractivity contribution is -0.142. The summed E-state index contributed by atoms with van der Waals surface area (Å²) in [7, 11) is 6.36. The molecule has 0 spiro atoms. The van der Waals surface area contributed by atoms with Crippen molar-refractivity contribution in [2.75, 3.05) is 45.7 Å². The molecule has 8 heteroatoms. The maximum Gasteiger partial charge on any atom is 0.411 e. The van der Waals surface area contributed by atoms with Gasteiger partial charge in [-0.25, -0.2) is 9.59 Å². The first-order valence-electron chi connectivity index (χ1n) is 13.9. The number of aliphatic carboxylic acids is 1. The van der Waals surface area contributed by atoms with E-state index in [0.717, 1.165) is 31.5 Å². The summed E-state index contributed by atoms with van der Waals surface area (Å²) in [5, 5.41) is 9.73. The molecule has 2 atom stereocenters. The van der Waals surface area contributed by atoms with Crippen LogP contribution >= 0.6 is 0 Å². The quantitative estimate of drug-likeness (QED) is 0.553. The van der Waals surface area contributed by atoms with Crippen LogP contribution in [0, 0.1) is 0 Å². The first-order valence-corrected chi connectivity index (χ1v) is 13.9. The van der Waals surface area contributed by atoms with Gasteiger partial charge in [-0.1, -0.05) is 42.5 Å². The highest BCUT2D eigenvalue weighted by Crippen LogP contribution is 2.38. The molecular weight excluding hydrogens is 492 g/mol. The Morgan fingerprint density at radius 3 is 2.15 bits per heavy atom. The van der Waals surface area contributed by atoms with Gasteiger partial charge in [0.25, 0.3) is 0 Å². The van der Waals surface area contributed by atoms with Gasteiger partial charge in [0, 0.05) is 43.4 Å². The summed E-state index contributed by atoms with van der Waals surface area (Å²) in [6.45, 7) is 8.36. The normalized spacial score (nSPS) is 21.4. The molecule has 2 aromatic carbocycles. The highest BCUT2D eigenvalue weighted by atomic mass is 16.6. The Morgan fingerprint density at radius 1 is 1.00 bits per heavy atom. The fourth-order valence-corrected chi connectivity index (χ4v) is 6.00. The molecule has 1 unspecified atom stereocenters. The number of likely N-dealkylation sites (tertiary alicyclic amines) is 1. The number of amides is 1. The van der Waals surface area contributed by atoms with Gasteiger partial charge in [-0.15, -0.1) is 0 Å². The van der Waals surface area contributed by atoms with Gasteiger partial charge in [0.2, 0.25) is 0 Å². The van der Waals surface area contributed by atoms with E-state index in [0.29, 0.717) is 19.5 Å². The molecule has 39 heavy (non-hydrogen) atoms. The number of anilines is 1. The summed E-state index contributed by atoms with van der Waals surface area (Å²) < 4.78 is 5.47. The molecule has 0 saturated carbocycles. The van der Waals surface area contributed by atoms with E-state index in [9.17, 15) is 14.7 Å². The molecule has 2 saturated heterocycles. The van der Waals surface area contributed by atoms with Crippen LogP contribution in [0.5, 0.6) is 0 Å². The second-order valence-electron chi connectivity index (χ2n) is 12.2. The van der Waals surface area contributed by atoms with Gasteiger partial charge in [-0.05, 0) is 84.4 Å². The lowest BCUT2D eigenvalue weighted by atomic mass is 9.79. The predicted octanol–water partition coefficient (Wildman–Crippen LogP) is 4.64. The lowest BCUT2D eigenvalue weighted by Crippen LogP contribution is -2.50. The molecular formula is C31H44N4O4. The van der Waals surface area contributed by atoms with Crippen molar-refractivity contribution < 1.29 is 19.4 Å². The molecule has 2 aromatic rings. The summed E-state index contributed by atoms with van der Waals surface area (Å²) in [4.78, 5) is 32.9. The maximum absolute atomic E-state index is 12.7. The van der Waals surface area contributed by atoms with Crippen molar-refractivity contribution in [2.45, 2.75) is 69.8 Å². The van der Waals surface area contributed by atoms with E-state index in [1.807, 2.05) is 7.05 Å². The summed E-state index contributed by atoms with van der Waals surface area (Å²) in [5.74, 6) is -0.992. The second-order valence-corrected chi connectivity index (χ2v) is 12.2. The van der Waals surface area contributed by atoms with Crippen LogP contribution < -0.4 is 4.90 Å². The molecule has 4 rings (SSSR count). The van der Waals surface area contributed by atoms with Crippen LogP contribution in [-0.2, 0) is 21.6 Å². The Morgan fingerprint density at radius 2 is 1.62 bits per heavy atom. The number of carbonyl (C=O) groups excluding carboxylic acids is 1. The summed E-state index contributed by atoms with van der Waals surface area (Å²) in [6, 6.07) is 18.6. The highest BCUT2D eigenvalue weighted by Gasteiger charge is 2.43. The average molecular weight is 537 g/mol. The van der Waals surface area contributed by atoms with Crippen LogP contribution in [0.25, 0.3) is 0 Å². The first kappa shape index (κ1) is 28.9. The summed E-state index contributed by atoms with van der Waals surface area (Å²) in [6.07, 6.45) is 1.94. The molecule has 2 fully saturated rings. The van der Waals surface area contributed by atoms with E-state index in [2.05, 4.69) is 83.4 Å². The third-order valence-electron chi connectivity index (χ3n) is 8.31. The molecule has 2 aliphatic rings. The largest absolute Gasteiger partial charge is 0.480 e. The van der Waals surface area contributed by atoms with Gasteiger partial charge >= 0.3 is 12.1 Å². The zero-order valence-corrected chi connectivity index (χ0v) is 24.3. The van der Waals surface area contributed by atoms with Crippen molar-refractivity contribution >= 4 is 17.7 Å². The van der Waals surface area contributed by atoms with E-state index < -0.39 is 23.7 Å². The Hall–Kier alpha value is -3.10. The van der Waals surface area contributed by atoms with Gasteiger partial charge in [-0.2, -0.15) is 0 Å². The molecule has 0 bridgehead atoms. The van der Waals surface area contributed by atoms with Crippen LogP contribution in [0.15, 0.2) is 54.6 Å².